The van der Waals surface area contributed by atoms with Gasteiger partial charge in [0.15, 0.2) is 0 Å². The topological polar surface area (TPSA) is 84.3 Å². The molecule has 2 N–H and O–H groups in total. The summed E-state index contributed by atoms with van der Waals surface area (Å²) in [6.07, 6.45) is 11.9. The number of nitrogens with one attached hydrogen (secondary N) is 1. The molecule has 2 aromatic carbocycles. The number of alkyl carbamates (subject to hydrolysis) is 1. The molecule has 2 aromatic heterocycles. The number of amides is 1. The van der Waals surface area contributed by atoms with Crippen molar-refractivity contribution in [1.29, 1.82) is 0 Å². The van der Waals surface area contributed by atoms with E-state index in [0.29, 0.717) is 5.01 Å². The van der Waals surface area contributed by atoms with Crippen LogP contribution in [0.25, 0.3) is 11.1 Å². The number of hydrogen-bond donors (Lipinski definition) is 2. The molecule has 1 amide bonds. The lowest BCUT2D eigenvalue weighted by molar-refractivity contribution is 0.0783. The molecule has 8 heteroatoms. The van der Waals surface area contributed by atoms with Gasteiger partial charge in [0.25, 0.3) is 0 Å². The Kier molecular flexibility index (Phi) is 7.90. The summed E-state index contributed by atoms with van der Waals surface area (Å²) in [5, 5.41) is 15.3. The lowest BCUT2D eigenvalue weighted by Gasteiger charge is -2.24. The zero-order chi connectivity index (χ0) is 28.6. The number of fused-ring (bicyclic) bond motifs is 2. The second-order valence-corrected chi connectivity index (χ2v) is 13.2. The highest BCUT2D eigenvalue weighted by molar-refractivity contribution is 7.98. The van der Waals surface area contributed by atoms with Crippen LogP contribution in [0.15, 0.2) is 59.9 Å². The SMILES string of the molecule is CSc1cc(C(NC(=O)OCc2ccccc2)c2cnc(C(C)(C)O)s2)c(-c2c3c(cc4c2CCC4)CCC3)cn1. The van der Waals surface area contributed by atoms with E-state index in [1.807, 2.05) is 42.8 Å². The summed E-state index contributed by atoms with van der Waals surface area (Å²) in [6.45, 7) is 3.63. The van der Waals surface area contributed by atoms with Gasteiger partial charge in [-0.2, -0.15) is 0 Å². The van der Waals surface area contributed by atoms with Crippen LogP contribution in [0.3, 0.4) is 0 Å². The monoisotopic (exact) mass is 585 g/mol. The molecule has 2 heterocycles. The predicted molar refractivity (Wildman–Crippen MR) is 164 cm³/mol. The Bertz CT molecular complexity index is 1540. The van der Waals surface area contributed by atoms with Crippen molar-refractivity contribution in [3.63, 3.8) is 0 Å². The Hall–Kier alpha value is -3.20. The van der Waals surface area contributed by atoms with Gasteiger partial charge < -0.3 is 15.2 Å². The fourth-order valence-electron chi connectivity index (χ4n) is 6.04. The van der Waals surface area contributed by atoms with Crippen molar-refractivity contribution < 1.29 is 14.6 Å². The third-order valence-electron chi connectivity index (χ3n) is 7.98. The van der Waals surface area contributed by atoms with E-state index >= 15 is 0 Å². The molecular weight excluding hydrogens is 551 g/mol. The standard InChI is InChI=1S/C33H35N3O3S2/c1-33(2,38)31-35-18-27(41-31)30(36-32(37)39-19-20-9-5-4-6-10-20)25-16-28(40-3)34-17-26(25)29-23-13-7-11-21(23)15-22-12-8-14-24(22)29/h4-6,9-10,15-18,30,38H,7-8,11-14,19H2,1-3H3,(H,36,37). The van der Waals surface area contributed by atoms with Crippen molar-refractivity contribution in [3.8, 4) is 11.1 Å². The maximum absolute atomic E-state index is 13.3. The minimum atomic E-state index is -1.09. The number of aromatic nitrogens is 2. The molecule has 2 aliphatic carbocycles. The highest BCUT2D eigenvalue weighted by Gasteiger charge is 2.31. The van der Waals surface area contributed by atoms with Crippen molar-refractivity contribution in [2.24, 2.45) is 0 Å². The van der Waals surface area contributed by atoms with Gasteiger partial charge in [0.1, 0.15) is 17.2 Å². The number of thiazole rings is 1. The molecular formula is C33H35N3O3S2. The third-order valence-corrected chi connectivity index (χ3v) is 10.00. The minimum absolute atomic E-state index is 0.177. The van der Waals surface area contributed by atoms with Gasteiger partial charge in [-0.05, 0) is 104 Å². The molecule has 6 rings (SSSR count). The summed E-state index contributed by atoms with van der Waals surface area (Å²) in [6, 6.07) is 13.7. The Morgan fingerprint density at radius 1 is 1.05 bits per heavy atom. The Morgan fingerprint density at radius 2 is 1.76 bits per heavy atom. The van der Waals surface area contributed by atoms with Crippen LogP contribution in [-0.2, 0) is 42.6 Å². The van der Waals surface area contributed by atoms with Gasteiger partial charge in [-0.1, -0.05) is 36.4 Å². The number of aliphatic hydroxyl groups is 1. The molecule has 0 aliphatic heterocycles. The molecule has 0 saturated carbocycles. The van der Waals surface area contributed by atoms with Gasteiger partial charge in [-0.15, -0.1) is 23.1 Å². The zero-order valence-electron chi connectivity index (χ0n) is 23.7. The molecule has 6 nitrogen and oxygen atoms in total. The number of thioether (sulfide) groups is 1. The summed E-state index contributed by atoms with van der Waals surface area (Å²) < 4.78 is 5.69. The molecule has 4 aromatic rings. The molecule has 2 aliphatic rings. The first kappa shape index (κ1) is 27.9. The Balaban J connectivity index is 1.46. The molecule has 0 bridgehead atoms. The lowest BCUT2D eigenvalue weighted by atomic mass is 9.86. The largest absolute Gasteiger partial charge is 0.445 e. The van der Waals surface area contributed by atoms with Crippen molar-refractivity contribution in [3.05, 3.63) is 98.1 Å². The average molecular weight is 586 g/mol. The lowest BCUT2D eigenvalue weighted by Crippen LogP contribution is -2.30. The number of rotatable bonds is 8. The number of pyridine rings is 1. The quantitative estimate of drug-likeness (QED) is 0.214. The first-order valence-electron chi connectivity index (χ1n) is 14.2. The number of carbonyl (C=O) groups excluding carboxylic acids is 1. The first-order valence-corrected chi connectivity index (χ1v) is 16.2. The van der Waals surface area contributed by atoms with Crippen LogP contribution < -0.4 is 5.32 Å². The predicted octanol–water partition coefficient (Wildman–Crippen LogP) is 7.15. The highest BCUT2D eigenvalue weighted by Crippen LogP contribution is 2.45. The number of nitrogens with zero attached hydrogens (tertiary/aromatic N) is 2. The van der Waals surface area contributed by atoms with Crippen LogP contribution in [0.5, 0.6) is 0 Å². The summed E-state index contributed by atoms with van der Waals surface area (Å²) in [5.41, 5.74) is 8.94. The van der Waals surface area contributed by atoms with E-state index in [-0.39, 0.29) is 6.61 Å². The number of ether oxygens (including phenoxy) is 1. The van der Waals surface area contributed by atoms with Gasteiger partial charge in [0.2, 0.25) is 0 Å². The van der Waals surface area contributed by atoms with Crippen molar-refractivity contribution in [2.75, 3.05) is 6.26 Å². The second kappa shape index (κ2) is 11.6. The molecule has 1 unspecified atom stereocenters. The van der Waals surface area contributed by atoms with Crippen LogP contribution in [0, 0.1) is 0 Å². The van der Waals surface area contributed by atoms with Crippen molar-refractivity contribution in [2.45, 2.75) is 75.6 Å². The third kappa shape index (κ3) is 5.78. The van der Waals surface area contributed by atoms with E-state index in [9.17, 15) is 9.90 Å². The minimum Gasteiger partial charge on any atom is -0.445 e. The number of benzene rings is 2. The molecule has 0 spiro atoms. The number of hydrogen-bond acceptors (Lipinski definition) is 7. The summed E-state index contributed by atoms with van der Waals surface area (Å²) >= 11 is 2.99. The van der Waals surface area contributed by atoms with Gasteiger partial charge in [-0.3, -0.25) is 0 Å². The Morgan fingerprint density at radius 3 is 2.39 bits per heavy atom. The smallest absolute Gasteiger partial charge is 0.408 e. The van der Waals surface area contributed by atoms with Crippen LogP contribution in [0.1, 0.15) is 76.0 Å². The van der Waals surface area contributed by atoms with Gasteiger partial charge >= 0.3 is 6.09 Å². The van der Waals surface area contributed by atoms with Gasteiger partial charge in [-0.25, -0.2) is 14.8 Å². The maximum Gasteiger partial charge on any atom is 0.408 e. The molecule has 41 heavy (non-hydrogen) atoms. The summed E-state index contributed by atoms with van der Waals surface area (Å²) in [5.74, 6) is 0. The molecule has 0 fully saturated rings. The van der Waals surface area contributed by atoms with E-state index in [2.05, 4.69) is 22.4 Å². The van der Waals surface area contributed by atoms with Crippen LogP contribution in [0.4, 0.5) is 4.79 Å². The van der Waals surface area contributed by atoms with E-state index in [1.54, 1.807) is 31.8 Å². The molecule has 212 valence electrons. The van der Waals surface area contributed by atoms with E-state index in [0.717, 1.165) is 65.1 Å². The normalized spacial score (nSPS) is 14.9. The van der Waals surface area contributed by atoms with Crippen molar-refractivity contribution >= 4 is 29.2 Å². The second-order valence-electron chi connectivity index (χ2n) is 11.3. The summed E-state index contributed by atoms with van der Waals surface area (Å²) in [7, 11) is 0. The summed E-state index contributed by atoms with van der Waals surface area (Å²) in [4.78, 5) is 23.5. The highest BCUT2D eigenvalue weighted by atomic mass is 32.2. The van der Waals surface area contributed by atoms with Crippen LogP contribution >= 0.6 is 23.1 Å². The molecule has 1 atom stereocenters. The van der Waals surface area contributed by atoms with E-state index in [4.69, 9.17) is 9.72 Å². The van der Waals surface area contributed by atoms with Crippen molar-refractivity contribution in [1.82, 2.24) is 15.3 Å². The molecule has 0 saturated heterocycles. The fourth-order valence-corrected chi connectivity index (χ4v) is 7.43. The van der Waals surface area contributed by atoms with Gasteiger partial charge in [0, 0.05) is 18.0 Å². The number of carbonyl (C=O) groups is 1. The zero-order valence-corrected chi connectivity index (χ0v) is 25.3. The number of aryl methyl sites for hydroxylation is 2. The van der Waals surface area contributed by atoms with Crippen LogP contribution in [-0.4, -0.2) is 27.4 Å². The average Bonchev–Trinajstić information content (AvgIpc) is 3.75. The maximum atomic E-state index is 13.3. The van der Waals surface area contributed by atoms with E-state index in [1.165, 1.54) is 39.2 Å². The van der Waals surface area contributed by atoms with Gasteiger partial charge in [0.05, 0.1) is 15.9 Å². The molecule has 0 radical (unpaired) electrons. The van der Waals surface area contributed by atoms with Crippen LogP contribution in [0.2, 0.25) is 0 Å². The fraction of sp³-hybridized carbons (Fsp3) is 0.364. The Labute approximate surface area is 249 Å². The van der Waals surface area contributed by atoms with E-state index < -0.39 is 17.7 Å². The first-order chi connectivity index (χ1) is 19.8.